The van der Waals surface area contributed by atoms with Crippen molar-refractivity contribution in [3.63, 3.8) is 0 Å². The first-order valence-corrected chi connectivity index (χ1v) is 12.2. The predicted molar refractivity (Wildman–Crippen MR) is 125 cm³/mol. The lowest BCUT2D eigenvalue weighted by Gasteiger charge is -2.40. The van der Waals surface area contributed by atoms with Crippen molar-refractivity contribution < 1.29 is 23.5 Å². The lowest BCUT2D eigenvalue weighted by Crippen LogP contribution is -2.55. The van der Waals surface area contributed by atoms with E-state index in [9.17, 15) is 18.8 Å². The Labute approximate surface area is 203 Å². The van der Waals surface area contributed by atoms with Crippen LogP contribution >= 0.6 is 0 Å². The molecule has 0 bridgehead atoms. The summed E-state index contributed by atoms with van der Waals surface area (Å²) in [6, 6.07) is 10.9. The van der Waals surface area contributed by atoms with Gasteiger partial charge in [-0.15, -0.1) is 0 Å². The molecule has 35 heavy (non-hydrogen) atoms. The number of amides is 4. The Morgan fingerprint density at radius 3 is 2.54 bits per heavy atom. The number of pyridine rings is 1. The number of carbonyl (C=O) groups excluding carboxylic acids is 3. The van der Waals surface area contributed by atoms with Crippen LogP contribution in [0.2, 0.25) is 0 Å². The second-order valence-electron chi connectivity index (χ2n) is 9.46. The number of hydrogen-bond acceptors (Lipinski definition) is 5. The number of carbonyl (C=O) groups is 3. The van der Waals surface area contributed by atoms with Crippen LogP contribution in [0.3, 0.4) is 0 Å². The molecule has 3 fully saturated rings. The molecule has 2 unspecified atom stereocenters. The van der Waals surface area contributed by atoms with E-state index in [0.29, 0.717) is 38.2 Å². The highest BCUT2D eigenvalue weighted by Crippen LogP contribution is 2.41. The smallest absolute Gasteiger partial charge is 0.325 e. The van der Waals surface area contributed by atoms with E-state index in [0.717, 1.165) is 18.4 Å². The van der Waals surface area contributed by atoms with Gasteiger partial charge in [0.1, 0.15) is 5.82 Å². The first-order chi connectivity index (χ1) is 17.0. The van der Waals surface area contributed by atoms with Crippen LogP contribution in [-0.2, 0) is 26.3 Å². The number of aromatic nitrogens is 1. The lowest BCUT2D eigenvalue weighted by molar-refractivity contribution is -0.137. The number of urea groups is 1. The predicted octanol–water partition coefficient (Wildman–Crippen LogP) is 2.63. The van der Waals surface area contributed by atoms with E-state index in [1.165, 1.54) is 17.0 Å². The average molecular weight is 481 g/mol. The Morgan fingerprint density at radius 1 is 1.11 bits per heavy atom. The largest absolute Gasteiger partial charge is 0.376 e. The van der Waals surface area contributed by atoms with Crippen LogP contribution in [0.5, 0.6) is 0 Å². The first-order valence-electron chi connectivity index (χ1n) is 12.2. The molecule has 0 aliphatic carbocycles. The number of nitrogens with one attached hydrogen (secondary N) is 1. The van der Waals surface area contributed by atoms with Gasteiger partial charge in [-0.05, 0) is 55.5 Å². The van der Waals surface area contributed by atoms with E-state index >= 15 is 0 Å². The van der Waals surface area contributed by atoms with E-state index in [-0.39, 0.29) is 42.6 Å². The number of halogens is 1. The monoisotopic (exact) mass is 480 g/mol. The van der Waals surface area contributed by atoms with Gasteiger partial charge in [-0.3, -0.25) is 19.5 Å². The molecule has 1 aromatic heterocycles. The zero-order valence-electron chi connectivity index (χ0n) is 19.5. The van der Waals surface area contributed by atoms with E-state index in [4.69, 9.17) is 4.74 Å². The van der Waals surface area contributed by atoms with Gasteiger partial charge in [0, 0.05) is 31.8 Å². The average Bonchev–Trinajstić information content (AvgIpc) is 3.49. The van der Waals surface area contributed by atoms with Crippen LogP contribution in [0.25, 0.3) is 0 Å². The normalized spacial score (nSPS) is 25.2. The zero-order chi connectivity index (χ0) is 24.4. The van der Waals surface area contributed by atoms with Crippen molar-refractivity contribution in [3.05, 3.63) is 65.7 Å². The van der Waals surface area contributed by atoms with Crippen LogP contribution in [0, 0.1) is 11.7 Å². The number of imide groups is 1. The van der Waals surface area contributed by atoms with Crippen LogP contribution < -0.4 is 5.32 Å². The van der Waals surface area contributed by atoms with Gasteiger partial charge in [0.05, 0.1) is 24.8 Å². The maximum absolute atomic E-state index is 13.8. The third-order valence-corrected chi connectivity index (χ3v) is 7.34. The second kappa shape index (κ2) is 9.73. The standard InChI is InChI=1S/C26H29FN4O4/c27-20-8-6-18(7-9-20)16-23(32)30-13-10-19(11-14-30)26(22-5-1-2-12-28-22)24(33)31(25(34)29-26)17-21-4-3-15-35-21/h1-2,5-9,12,19,21H,3-4,10-11,13-17H2,(H,29,34). The number of ether oxygens (including phenoxy) is 1. The second-order valence-corrected chi connectivity index (χ2v) is 9.46. The summed E-state index contributed by atoms with van der Waals surface area (Å²) >= 11 is 0. The summed E-state index contributed by atoms with van der Waals surface area (Å²) in [6.45, 7) is 1.81. The molecule has 9 heteroatoms. The van der Waals surface area contributed by atoms with Gasteiger partial charge in [-0.2, -0.15) is 0 Å². The maximum atomic E-state index is 13.8. The molecule has 0 radical (unpaired) electrons. The lowest BCUT2D eigenvalue weighted by atomic mass is 9.75. The number of nitrogens with zero attached hydrogens (tertiary/aromatic N) is 3. The molecule has 1 N–H and O–H groups in total. The molecule has 4 heterocycles. The highest BCUT2D eigenvalue weighted by molar-refractivity contribution is 6.07. The first kappa shape index (κ1) is 23.4. The zero-order valence-corrected chi connectivity index (χ0v) is 19.5. The Bertz CT molecular complexity index is 1080. The number of piperidine rings is 1. The highest BCUT2D eigenvalue weighted by atomic mass is 19.1. The number of hydrogen-bond donors (Lipinski definition) is 1. The fourth-order valence-electron chi connectivity index (χ4n) is 5.46. The molecule has 0 saturated carbocycles. The van der Waals surface area contributed by atoms with Gasteiger partial charge in [0.2, 0.25) is 5.91 Å². The Morgan fingerprint density at radius 2 is 1.89 bits per heavy atom. The van der Waals surface area contributed by atoms with Crippen molar-refractivity contribution in [1.29, 1.82) is 0 Å². The van der Waals surface area contributed by atoms with E-state index in [1.54, 1.807) is 35.4 Å². The fraction of sp³-hybridized carbons (Fsp3) is 0.462. The van der Waals surface area contributed by atoms with Gasteiger partial charge < -0.3 is 15.0 Å². The molecule has 4 amide bonds. The molecule has 3 aliphatic rings. The van der Waals surface area contributed by atoms with Gasteiger partial charge in [0.15, 0.2) is 5.54 Å². The van der Waals surface area contributed by atoms with Gasteiger partial charge >= 0.3 is 6.03 Å². The van der Waals surface area contributed by atoms with Crippen molar-refractivity contribution in [2.75, 3.05) is 26.2 Å². The molecule has 184 valence electrons. The third-order valence-electron chi connectivity index (χ3n) is 7.34. The molecular weight excluding hydrogens is 451 g/mol. The summed E-state index contributed by atoms with van der Waals surface area (Å²) in [5.41, 5.74) is 0.0130. The topological polar surface area (TPSA) is 91.8 Å². The SMILES string of the molecule is O=C(Cc1ccc(F)cc1)N1CCC(C2(c3ccccn3)NC(=O)N(CC3CCCO3)C2=O)CC1. The molecule has 8 nitrogen and oxygen atoms in total. The van der Waals surface area contributed by atoms with Crippen LogP contribution in [0.4, 0.5) is 9.18 Å². The summed E-state index contributed by atoms with van der Waals surface area (Å²) in [4.78, 5) is 47.2. The van der Waals surface area contributed by atoms with Gasteiger partial charge in [-0.1, -0.05) is 18.2 Å². The minimum atomic E-state index is -1.26. The fourth-order valence-corrected chi connectivity index (χ4v) is 5.46. The van der Waals surface area contributed by atoms with Crippen LogP contribution in [-0.4, -0.2) is 65.0 Å². The van der Waals surface area contributed by atoms with Gasteiger partial charge in [0.25, 0.3) is 5.91 Å². The minimum absolute atomic E-state index is 0.0382. The Balaban J connectivity index is 1.32. The highest BCUT2D eigenvalue weighted by Gasteiger charge is 2.58. The Kier molecular flexibility index (Phi) is 6.51. The minimum Gasteiger partial charge on any atom is -0.376 e. The van der Waals surface area contributed by atoms with Crippen molar-refractivity contribution in [2.45, 2.75) is 43.7 Å². The van der Waals surface area contributed by atoms with Crippen LogP contribution in [0.1, 0.15) is 36.9 Å². The third kappa shape index (κ3) is 4.52. The summed E-state index contributed by atoms with van der Waals surface area (Å²) in [6.07, 6.45) is 4.51. The quantitative estimate of drug-likeness (QED) is 0.642. The molecular formula is C26H29FN4O4. The van der Waals surface area contributed by atoms with Crippen molar-refractivity contribution in [3.8, 4) is 0 Å². The molecule has 5 rings (SSSR count). The number of likely N-dealkylation sites (tertiary alicyclic amines) is 1. The maximum Gasteiger partial charge on any atom is 0.325 e. The molecule has 3 aliphatic heterocycles. The summed E-state index contributed by atoms with van der Waals surface area (Å²) in [7, 11) is 0. The Hall–Kier alpha value is -3.33. The number of rotatable bonds is 6. The van der Waals surface area contributed by atoms with Crippen molar-refractivity contribution >= 4 is 17.8 Å². The van der Waals surface area contributed by atoms with E-state index in [1.807, 2.05) is 6.07 Å². The molecule has 1 aromatic carbocycles. The summed E-state index contributed by atoms with van der Waals surface area (Å²) < 4.78 is 18.8. The molecule has 3 saturated heterocycles. The molecule has 2 aromatic rings. The summed E-state index contributed by atoms with van der Waals surface area (Å²) in [5, 5.41) is 3.00. The molecule has 0 spiro atoms. The molecule has 2 atom stereocenters. The van der Waals surface area contributed by atoms with E-state index in [2.05, 4.69) is 10.3 Å². The van der Waals surface area contributed by atoms with Crippen molar-refractivity contribution in [1.82, 2.24) is 20.1 Å². The summed E-state index contributed by atoms with van der Waals surface area (Å²) in [5.74, 6) is -0.881. The van der Waals surface area contributed by atoms with Gasteiger partial charge in [-0.25, -0.2) is 9.18 Å². The van der Waals surface area contributed by atoms with E-state index < -0.39 is 11.6 Å². The number of benzene rings is 1. The van der Waals surface area contributed by atoms with Crippen LogP contribution in [0.15, 0.2) is 48.7 Å². The van der Waals surface area contributed by atoms with Crippen molar-refractivity contribution in [2.24, 2.45) is 5.92 Å².